The Morgan fingerprint density at radius 2 is 1.75 bits per heavy atom. The number of aromatic nitrogens is 3. The van der Waals surface area contributed by atoms with E-state index in [9.17, 15) is 9.59 Å². The summed E-state index contributed by atoms with van der Waals surface area (Å²) >= 11 is 14.8. The Balaban J connectivity index is 1.29. The molecule has 0 aliphatic rings. The van der Waals surface area contributed by atoms with Crippen molar-refractivity contribution in [3.05, 3.63) is 98.6 Å². The number of thiazole rings is 1. The molecule has 1 N–H and O–H groups in total. The fourth-order valence-corrected chi connectivity index (χ4v) is 5.53. The second-order valence-electron chi connectivity index (χ2n) is 7.70. The molecule has 1 amide bonds. The third kappa shape index (κ3) is 5.32. The quantitative estimate of drug-likeness (QED) is 0.175. The van der Waals surface area contributed by atoms with Crippen LogP contribution in [0.3, 0.4) is 0 Å². The first-order valence-corrected chi connectivity index (χ1v) is 13.5. The van der Waals surface area contributed by atoms with Crippen molar-refractivity contribution in [3.63, 3.8) is 0 Å². The molecule has 5 rings (SSSR count). The van der Waals surface area contributed by atoms with Crippen LogP contribution in [0.25, 0.3) is 27.8 Å². The smallest absolute Gasteiger partial charge is 0.266 e. The van der Waals surface area contributed by atoms with Crippen LogP contribution in [0.5, 0.6) is 0 Å². The lowest BCUT2D eigenvalue weighted by Gasteiger charge is -2.13. The van der Waals surface area contributed by atoms with Gasteiger partial charge >= 0.3 is 0 Å². The van der Waals surface area contributed by atoms with Gasteiger partial charge in [-0.15, -0.1) is 11.3 Å². The highest BCUT2D eigenvalue weighted by atomic mass is 35.5. The number of carbonyl (C=O) groups excluding carboxylic acids is 1. The predicted octanol–water partition coefficient (Wildman–Crippen LogP) is 6.94. The summed E-state index contributed by atoms with van der Waals surface area (Å²) in [4.78, 5) is 35.0. The van der Waals surface area contributed by atoms with Crippen LogP contribution in [0, 0.1) is 0 Å². The van der Waals surface area contributed by atoms with Gasteiger partial charge in [-0.3, -0.25) is 14.2 Å². The van der Waals surface area contributed by atoms with Gasteiger partial charge in [0.05, 0.1) is 32.3 Å². The van der Waals surface area contributed by atoms with Crippen molar-refractivity contribution in [2.24, 2.45) is 0 Å². The van der Waals surface area contributed by atoms with E-state index >= 15 is 0 Å². The van der Waals surface area contributed by atoms with E-state index in [2.05, 4.69) is 10.3 Å². The third-order valence-electron chi connectivity index (χ3n) is 5.29. The highest BCUT2D eigenvalue weighted by Crippen LogP contribution is 2.30. The summed E-state index contributed by atoms with van der Waals surface area (Å²) in [6.07, 6.45) is 0.226. The van der Waals surface area contributed by atoms with E-state index in [-0.39, 0.29) is 17.9 Å². The maximum atomic E-state index is 13.3. The second kappa shape index (κ2) is 10.8. The van der Waals surface area contributed by atoms with E-state index in [1.165, 1.54) is 23.1 Å². The predicted molar refractivity (Wildman–Crippen MR) is 149 cm³/mol. The molecule has 3 aromatic carbocycles. The zero-order chi connectivity index (χ0) is 25.1. The standard InChI is InChI=1S/C26H18Cl2N4O2S2/c27-19-11-10-16(14-20(19)28)22-15-36-25(29-22)31-23(33)12-13-35-26-30-21-9-5-4-8-18(21)24(34)32(26)17-6-2-1-3-7-17/h1-11,14-15H,12-13H2,(H,29,31,33). The largest absolute Gasteiger partial charge is 0.302 e. The molecule has 36 heavy (non-hydrogen) atoms. The summed E-state index contributed by atoms with van der Waals surface area (Å²) in [5.74, 6) is 0.265. The molecule has 0 unspecified atom stereocenters. The minimum absolute atomic E-state index is 0.142. The fourth-order valence-electron chi connectivity index (χ4n) is 3.55. The van der Waals surface area contributed by atoms with Gasteiger partial charge in [-0.1, -0.05) is 71.4 Å². The number of rotatable bonds is 7. The molecule has 2 heterocycles. The third-order valence-corrected chi connectivity index (χ3v) is 7.72. The van der Waals surface area contributed by atoms with Crippen LogP contribution in [-0.2, 0) is 4.79 Å². The van der Waals surface area contributed by atoms with Gasteiger partial charge in [-0.2, -0.15) is 0 Å². The van der Waals surface area contributed by atoms with Crippen molar-refractivity contribution in [1.82, 2.24) is 14.5 Å². The number of hydrogen-bond donors (Lipinski definition) is 1. The molecule has 10 heteroatoms. The lowest BCUT2D eigenvalue weighted by atomic mass is 10.2. The number of para-hydroxylation sites is 2. The van der Waals surface area contributed by atoms with Crippen molar-refractivity contribution in [1.29, 1.82) is 0 Å². The minimum Gasteiger partial charge on any atom is -0.302 e. The summed E-state index contributed by atoms with van der Waals surface area (Å²) in [6, 6.07) is 21.9. The number of nitrogens with one attached hydrogen (secondary N) is 1. The zero-order valence-corrected chi connectivity index (χ0v) is 21.8. The summed E-state index contributed by atoms with van der Waals surface area (Å²) in [7, 11) is 0. The maximum absolute atomic E-state index is 13.3. The number of carbonyl (C=O) groups is 1. The lowest BCUT2D eigenvalue weighted by Crippen LogP contribution is -2.22. The first kappa shape index (κ1) is 24.5. The average Bonchev–Trinajstić information content (AvgIpc) is 3.35. The molecular weight excluding hydrogens is 535 g/mol. The highest BCUT2D eigenvalue weighted by molar-refractivity contribution is 7.99. The van der Waals surface area contributed by atoms with E-state index in [1.54, 1.807) is 22.8 Å². The molecule has 0 aliphatic heterocycles. The minimum atomic E-state index is -0.174. The number of fused-ring (bicyclic) bond motifs is 1. The molecule has 0 radical (unpaired) electrons. The average molecular weight is 553 g/mol. The fraction of sp³-hybridized carbons (Fsp3) is 0.0769. The molecule has 6 nitrogen and oxygen atoms in total. The van der Waals surface area contributed by atoms with Crippen molar-refractivity contribution in [2.75, 3.05) is 11.1 Å². The maximum Gasteiger partial charge on any atom is 0.266 e. The Morgan fingerprint density at radius 1 is 0.972 bits per heavy atom. The van der Waals surface area contributed by atoms with Crippen LogP contribution in [0.15, 0.2) is 88.1 Å². The SMILES string of the molecule is O=C(CCSc1nc2ccccc2c(=O)n1-c1ccccc1)Nc1nc(-c2ccc(Cl)c(Cl)c2)cs1. The van der Waals surface area contributed by atoms with Gasteiger partial charge in [0.2, 0.25) is 5.91 Å². The van der Waals surface area contributed by atoms with E-state index in [4.69, 9.17) is 28.2 Å². The van der Waals surface area contributed by atoms with Crippen LogP contribution < -0.4 is 10.9 Å². The second-order valence-corrected chi connectivity index (χ2v) is 10.4. The summed E-state index contributed by atoms with van der Waals surface area (Å²) < 4.78 is 1.59. The Bertz CT molecular complexity index is 1620. The van der Waals surface area contributed by atoms with Crippen LogP contribution in [-0.4, -0.2) is 26.2 Å². The lowest BCUT2D eigenvalue weighted by molar-refractivity contribution is -0.115. The van der Waals surface area contributed by atoms with Crippen LogP contribution >= 0.6 is 46.3 Å². The molecule has 180 valence electrons. The number of benzene rings is 3. The van der Waals surface area contributed by atoms with Crippen molar-refractivity contribution in [3.8, 4) is 16.9 Å². The summed E-state index contributed by atoms with van der Waals surface area (Å²) in [5.41, 5.74) is 2.73. The van der Waals surface area contributed by atoms with Gasteiger partial charge in [0, 0.05) is 23.1 Å². The van der Waals surface area contributed by atoms with Crippen molar-refractivity contribution < 1.29 is 4.79 Å². The number of thioether (sulfide) groups is 1. The van der Waals surface area contributed by atoms with Gasteiger partial charge in [0.1, 0.15) is 0 Å². The van der Waals surface area contributed by atoms with E-state index < -0.39 is 0 Å². The topological polar surface area (TPSA) is 76.9 Å². The Morgan fingerprint density at radius 3 is 2.56 bits per heavy atom. The number of anilines is 1. The molecule has 0 saturated heterocycles. The Kier molecular flexibility index (Phi) is 7.38. The van der Waals surface area contributed by atoms with Gasteiger partial charge in [0.15, 0.2) is 10.3 Å². The van der Waals surface area contributed by atoms with Crippen molar-refractivity contribution >= 4 is 68.2 Å². The molecule has 0 spiro atoms. The number of halogens is 2. The molecule has 2 aromatic heterocycles. The monoisotopic (exact) mass is 552 g/mol. The van der Waals surface area contributed by atoms with Crippen LogP contribution in [0.1, 0.15) is 6.42 Å². The summed E-state index contributed by atoms with van der Waals surface area (Å²) in [6.45, 7) is 0. The molecular formula is C26H18Cl2N4O2S2. The Hall–Kier alpha value is -3.17. The normalized spacial score (nSPS) is 11.1. The van der Waals surface area contributed by atoms with E-state index in [1.807, 2.05) is 60.0 Å². The number of amides is 1. The molecule has 0 atom stereocenters. The zero-order valence-electron chi connectivity index (χ0n) is 18.7. The molecule has 0 bridgehead atoms. The first-order valence-electron chi connectivity index (χ1n) is 10.9. The van der Waals surface area contributed by atoms with Crippen LogP contribution in [0.2, 0.25) is 10.0 Å². The van der Waals surface area contributed by atoms with Crippen molar-refractivity contribution in [2.45, 2.75) is 11.6 Å². The number of nitrogens with zero attached hydrogens (tertiary/aromatic N) is 3. The van der Waals surface area contributed by atoms with Gasteiger partial charge < -0.3 is 5.32 Å². The van der Waals surface area contributed by atoms with Gasteiger partial charge in [-0.25, -0.2) is 9.97 Å². The number of hydrogen-bond acceptors (Lipinski definition) is 6. The molecule has 0 saturated carbocycles. The molecule has 0 aliphatic carbocycles. The first-order chi connectivity index (χ1) is 17.5. The van der Waals surface area contributed by atoms with E-state index in [0.717, 1.165) is 11.3 Å². The molecule has 5 aromatic rings. The highest BCUT2D eigenvalue weighted by Gasteiger charge is 2.14. The van der Waals surface area contributed by atoms with Gasteiger partial charge in [-0.05, 0) is 36.4 Å². The Labute approximate surface area is 224 Å². The van der Waals surface area contributed by atoms with Gasteiger partial charge in [0.25, 0.3) is 5.56 Å². The summed E-state index contributed by atoms with van der Waals surface area (Å²) in [5, 5.41) is 7.18. The molecule has 0 fully saturated rings. The van der Waals surface area contributed by atoms with E-state index in [0.29, 0.717) is 42.7 Å². The van der Waals surface area contributed by atoms with Crippen LogP contribution in [0.4, 0.5) is 5.13 Å².